The van der Waals surface area contributed by atoms with Crippen LogP contribution in [0.4, 0.5) is 4.79 Å². The summed E-state index contributed by atoms with van der Waals surface area (Å²) in [7, 11) is 1.05. The van der Waals surface area contributed by atoms with Crippen molar-refractivity contribution < 1.29 is 32.1 Å². The average molecular weight is 783 g/mol. The van der Waals surface area contributed by atoms with Gasteiger partial charge in [0, 0.05) is 38.5 Å². The Kier molecular flexibility index (Phi) is 8.15. The molecule has 4 N–H and O–H groups in total. The van der Waals surface area contributed by atoms with Gasteiger partial charge in [-0.3, -0.25) is 14.4 Å². The van der Waals surface area contributed by atoms with Gasteiger partial charge in [0.05, 0.1) is 46.0 Å². The van der Waals surface area contributed by atoms with E-state index in [-0.39, 0.29) is 30.3 Å². The molecule has 56 heavy (non-hydrogen) atoms. The minimum Gasteiger partial charge on any atom is -0.453 e. The monoisotopic (exact) mass is 782 g/mol. The van der Waals surface area contributed by atoms with Gasteiger partial charge in [0.15, 0.2) is 0 Å². The van der Waals surface area contributed by atoms with E-state index < -0.39 is 49.7 Å². The molecule has 0 unspecified atom stereocenters. The Morgan fingerprint density at radius 3 is 2.04 bits per heavy atom. The lowest BCUT2D eigenvalue weighted by Gasteiger charge is -2.30. The second kappa shape index (κ2) is 14.9. The van der Waals surface area contributed by atoms with Crippen molar-refractivity contribution in [3.05, 3.63) is 60.2 Å². The number of nitrogens with zero attached hydrogens (tertiary/aromatic N) is 4. The molecular formula is C42H48N8O5S. The van der Waals surface area contributed by atoms with E-state index in [1.807, 2.05) is 49.1 Å². The number of hydrogen-bond acceptors (Lipinski definition) is 8. The third-order valence-corrected chi connectivity index (χ3v) is 12.2. The highest BCUT2D eigenvalue weighted by molar-refractivity contribution is 7.23. The number of ether oxygens (including phenoxy) is 1. The van der Waals surface area contributed by atoms with Crippen molar-refractivity contribution in [3.63, 3.8) is 0 Å². The number of nitrogens with one attached hydrogen (secondary N) is 4. The first-order valence-corrected chi connectivity index (χ1v) is 19.7. The molecule has 0 radical (unpaired) electrons. The molecule has 6 aromatic rings. The van der Waals surface area contributed by atoms with E-state index in [0.29, 0.717) is 30.7 Å². The van der Waals surface area contributed by atoms with Crippen molar-refractivity contribution in [2.24, 2.45) is 11.8 Å². The molecule has 2 aliphatic rings. The molecule has 0 saturated carbocycles. The molecule has 2 saturated heterocycles. The van der Waals surface area contributed by atoms with Gasteiger partial charge in [-0.25, -0.2) is 14.8 Å². The second-order valence-electron chi connectivity index (χ2n) is 15.0. The van der Waals surface area contributed by atoms with E-state index in [9.17, 15) is 19.2 Å². The summed E-state index contributed by atoms with van der Waals surface area (Å²) in [5.41, 5.74) is 4.12. The highest BCUT2D eigenvalue weighted by atomic mass is 32.1. The number of thiophene rings is 1. The number of carbonyl (C=O) groups is 4. The fourth-order valence-corrected chi connectivity index (χ4v) is 9.38. The quantitative estimate of drug-likeness (QED) is 0.119. The smallest absolute Gasteiger partial charge is 0.407 e. The third-order valence-electron chi connectivity index (χ3n) is 11.0. The number of imidazole rings is 2. The molecule has 4 atom stereocenters. The first-order valence-electron chi connectivity index (χ1n) is 21.9. The lowest BCUT2D eigenvalue weighted by Crippen LogP contribution is -2.51. The first kappa shape index (κ1) is 30.7. The van der Waals surface area contributed by atoms with Crippen molar-refractivity contribution >= 4 is 78.1 Å². The number of fused-ring (bicyclic) bond motifs is 6. The zero-order chi connectivity index (χ0) is 44.4. The molecule has 0 bridgehead atoms. The Labute approximate surface area is 337 Å². The maximum Gasteiger partial charge on any atom is 0.407 e. The fourth-order valence-electron chi connectivity index (χ4n) is 8.23. The number of H-pyrrole nitrogens is 2. The summed E-state index contributed by atoms with van der Waals surface area (Å²) in [5, 5.41) is 7.94. The fraction of sp³-hybridized carbons (Fsp3) is 0.429. The van der Waals surface area contributed by atoms with E-state index in [4.69, 9.17) is 18.2 Å². The molecule has 2 aliphatic heterocycles. The number of likely N-dealkylation sites (tertiary alicyclic amines) is 2. The molecule has 3 aromatic carbocycles. The van der Waals surface area contributed by atoms with Crippen molar-refractivity contribution in [3.8, 4) is 10.4 Å². The van der Waals surface area contributed by atoms with Gasteiger partial charge in [-0.2, -0.15) is 0 Å². The number of aromatic nitrogens is 4. The van der Waals surface area contributed by atoms with Crippen LogP contribution >= 0.6 is 11.3 Å². The van der Waals surface area contributed by atoms with Gasteiger partial charge in [0.2, 0.25) is 17.7 Å². The summed E-state index contributed by atoms with van der Waals surface area (Å²) >= 11 is 1.65. The highest BCUT2D eigenvalue weighted by Gasteiger charge is 2.39. The molecule has 0 aliphatic carbocycles. The average Bonchev–Trinajstić information content (AvgIpc) is 4.05. The van der Waals surface area contributed by atoms with Crippen LogP contribution in [0.25, 0.3) is 53.4 Å². The standard InChI is InChI=1S/C42H48N8O5S/c1-21(2)33(43-23(5)51)40(52)49-17-8-10-31(49)39-45-29-16-13-26-20-32(56-37(26)36(29)47-39)25-11-14-27-24(19-25)12-15-28-35(27)46-38(44-28)30-9-7-18-50(30)41(53)34(22(3)4)48-42(54)55-6/h11-16,19-22,30-31,33-34H,7-10,17-18H2,1-6H3,(H,43,51)(H,44,46)(H,45,47)(H,48,54)/t30-,31-,33-,34-/m0/s1/i3D3,4D3. The Bertz CT molecular complexity index is 2710. The Balaban J connectivity index is 1.07. The minimum atomic E-state index is -3.10. The van der Waals surface area contributed by atoms with Gasteiger partial charge in [-0.1, -0.05) is 51.8 Å². The predicted molar refractivity (Wildman–Crippen MR) is 218 cm³/mol. The van der Waals surface area contributed by atoms with E-state index >= 15 is 0 Å². The molecule has 5 heterocycles. The number of carbonyl (C=O) groups excluding carboxylic acids is 4. The molecule has 292 valence electrons. The zero-order valence-corrected chi connectivity index (χ0v) is 32.4. The van der Waals surface area contributed by atoms with Crippen molar-refractivity contribution in [1.29, 1.82) is 0 Å². The number of hydrogen-bond donors (Lipinski definition) is 4. The van der Waals surface area contributed by atoms with Crippen molar-refractivity contribution in [2.75, 3.05) is 20.2 Å². The summed E-state index contributed by atoms with van der Waals surface area (Å²) in [4.78, 5) is 73.1. The number of amides is 4. The molecule has 14 heteroatoms. The molecule has 0 spiro atoms. The van der Waals surface area contributed by atoms with Crippen LogP contribution in [-0.2, 0) is 19.1 Å². The molecular weight excluding hydrogens is 729 g/mol. The lowest BCUT2D eigenvalue weighted by molar-refractivity contribution is -0.138. The number of alkyl carbamates (subject to hydrolysis) is 1. The molecule has 8 rings (SSSR count). The summed E-state index contributed by atoms with van der Waals surface area (Å²) in [5.74, 6) is -2.24. The van der Waals surface area contributed by atoms with E-state index in [1.54, 1.807) is 11.3 Å². The third kappa shape index (κ3) is 6.73. The maximum atomic E-state index is 14.1. The SMILES string of the molecule is [2H]C([2H])([2H])C([C@H](NC(=O)OC)C(=O)N1CCC[C@H]1c1nc2ccc3cc(-c4cc5ccc6nc([C@@H]7CCCN7C(=O)[C@@H](NC(C)=O)C(C)C)[nH]c6c5s4)ccc3c2[nH]1)C([2H])([2H])[2H]. The van der Waals surface area contributed by atoms with Crippen LogP contribution in [0.5, 0.6) is 0 Å². The predicted octanol–water partition coefficient (Wildman–Crippen LogP) is 7.34. The van der Waals surface area contributed by atoms with Crippen LogP contribution in [0.3, 0.4) is 0 Å². The zero-order valence-electron chi connectivity index (χ0n) is 37.6. The second-order valence-corrected chi connectivity index (χ2v) is 16.1. The normalized spacial score (nSPS) is 20.5. The minimum absolute atomic E-state index is 0.0672. The van der Waals surface area contributed by atoms with Gasteiger partial charge in [-0.05, 0) is 78.1 Å². The van der Waals surface area contributed by atoms with E-state index in [2.05, 4.69) is 43.5 Å². The molecule has 4 amide bonds. The van der Waals surface area contributed by atoms with E-state index in [0.717, 1.165) is 73.6 Å². The molecule has 13 nitrogen and oxygen atoms in total. The number of methoxy groups -OCH3 is 1. The summed E-state index contributed by atoms with van der Waals surface area (Å²) < 4.78 is 53.6. The highest BCUT2D eigenvalue weighted by Crippen LogP contribution is 2.41. The summed E-state index contributed by atoms with van der Waals surface area (Å²) in [6.07, 6.45) is 1.52. The van der Waals surface area contributed by atoms with Gasteiger partial charge < -0.3 is 35.1 Å². The van der Waals surface area contributed by atoms with Crippen molar-refractivity contribution in [2.45, 2.75) is 84.3 Å². The van der Waals surface area contributed by atoms with E-state index in [1.165, 1.54) is 11.8 Å². The van der Waals surface area contributed by atoms with Gasteiger partial charge >= 0.3 is 6.09 Å². The van der Waals surface area contributed by atoms with Gasteiger partial charge in [0.1, 0.15) is 23.7 Å². The number of rotatable bonds is 9. The van der Waals surface area contributed by atoms with Crippen LogP contribution in [0.1, 0.15) is 92.1 Å². The van der Waals surface area contributed by atoms with Crippen LogP contribution in [0.2, 0.25) is 0 Å². The Morgan fingerprint density at radius 1 is 0.821 bits per heavy atom. The summed E-state index contributed by atoms with van der Waals surface area (Å²) in [6.45, 7) is -0.120. The van der Waals surface area contributed by atoms with Crippen LogP contribution in [0, 0.1) is 11.8 Å². The number of benzene rings is 3. The molecule has 3 aromatic heterocycles. The van der Waals surface area contributed by atoms with Crippen LogP contribution in [-0.4, -0.2) is 85.8 Å². The van der Waals surface area contributed by atoms with Gasteiger partial charge in [0.25, 0.3) is 0 Å². The van der Waals surface area contributed by atoms with Crippen LogP contribution < -0.4 is 10.6 Å². The Hall–Kier alpha value is -5.50. The lowest BCUT2D eigenvalue weighted by atomic mass is 10.0. The Morgan fingerprint density at radius 2 is 1.43 bits per heavy atom. The largest absolute Gasteiger partial charge is 0.453 e. The van der Waals surface area contributed by atoms with Crippen LogP contribution in [0.15, 0.2) is 48.5 Å². The van der Waals surface area contributed by atoms with Gasteiger partial charge in [-0.15, -0.1) is 11.3 Å². The van der Waals surface area contributed by atoms with Crippen molar-refractivity contribution in [1.82, 2.24) is 40.4 Å². The maximum absolute atomic E-state index is 14.1. The first-order chi connectivity index (χ1) is 29.3. The molecule has 2 fully saturated rings. The summed E-state index contributed by atoms with van der Waals surface area (Å²) in [6, 6.07) is 12.9. The number of aromatic amines is 2. The topological polar surface area (TPSA) is 165 Å².